The van der Waals surface area contributed by atoms with E-state index >= 15 is 0 Å². The highest BCUT2D eigenvalue weighted by Gasteiger charge is 2.36. The van der Waals surface area contributed by atoms with E-state index in [1.54, 1.807) is 11.8 Å². The number of carbonyl (C=O) groups excluding carboxylic acids is 2. The number of piperazine rings is 1. The van der Waals surface area contributed by atoms with Gasteiger partial charge in [0, 0.05) is 31.9 Å². The lowest BCUT2D eigenvalue weighted by Gasteiger charge is -2.34. The number of aromatic nitrogens is 1. The van der Waals surface area contributed by atoms with E-state index in [2.05, 4.69) is 5.32 Å². The van der Waals surface area contributed by atoms with E-state index in [1.165, 1.54) is 0 Å². The van der Waals surface area contributed by atoms with Gasteiger partial charge < -0.3 is 19.5 Å². The van der Waals surface area contributed by atoms with Crippen LogP contribution in [0.4, 0.5) is 0 Å². The van der Waals surface area contributed by atoms with E-state index in [0.29, 0.717) is 38.0 Å². The zero-order chi connectivity index (χ0) is 14.8. The first-order valence-electron chi connectivity index (χ1n) is 7.57. The van der Waals surface area contributed by atoms with Crippen LogP contribution in [0.25, 0.3) is 0 Å². The van der Waals surface area contributed by atoms with Gasteiger partial charge in [0.1, 0.15) is 11.7 Å². The lowest BCUT2D eigenvalue weighted by atomic mass is 10.1. The minimum absolute atomic E-state index is 0.0774. The third kappa shape index (κ3) is 2.81. The fraction of sp³-hybridized carbons (Fsp3) is 0.600. The first-order chi connectivity index (χ1) is 10.2. The second-order valence-electron chi connectivity index (χ2n) is 5.50. The Bertz CT molecular complexity index is 536. The Morgan fingerprint density at radius 3 is 2.95 bits per heavy atom. The summed E-state index contributed by atoms with van der Waals surface area (Å²) >= 11 is 0. The molecular weight excluding hydrogens is 270 g/mol. The van der Waals surface area contributed by atoms with Crippen LogP contribution in [0.15, 0.2) is 18.3 Å². The van der Waals surface area contributed by atoms with E-state index in [1.807, 2.05) is 22.9 Å². The van der Waals surface area contributed by atoms with Crippen molar-refractivity contribution in [3.05, 3.63) is 24.0 Å². The SMILES string of the molecule is CCOC(=O)C1CNCCN1C(=O)c1cccn1C1CC1. The quantitative estimate of drug-likeness (QED) is 0.834. The summed E-state index contributed by atoms with van der Waals surface area (Å²) in [6.07, 6.45) is 4.20. The molecular formula is C15H21N3O3. The molecule has 1 atom stereocenters. The molecule has 1 saturated carbocycles. The monoisotopic (exact) mass is 291 g/mol. The van der Waals surface area contributed by atoms with Crippen LogP contribution < -0.4 is 5.32 Å². The predicted molar refractivity (Wildman–Crippen MR) is 77.0 cm³/mol. The van der Waals surface area contributed by atoms with Gasteiger partial charge in [0.05, 0.1) is 6.61 Å². The molecule has 2 heterocycles. The summed E-state index contributed by atoms with van der Waals surface area (Å²) in [5.41, 5.74) is 0.675. The Balaban J connectivity index is 1.80. The van der Waals surface area contributed by atoms with Crippen molar-refractivity contribution in [2.24, 2.45) is 0 Å². The summed E-state index contributed by atoms with van der Waals surface area (Å²) in [5, 5.41) is 3.15. The fourth-order valence-corrected chi connectivity index (χ4v) is 2.79. The van der Waals surface area contributed by atoms with Gasteiger partial charge in [-0.2, -0.15) is 0 Å². The van der Waals surface area contributed by atoms with Crippen LogP contribution in [0.3, 0.4) is 0 Å². The van der Waals surface area contributed by atoms with Crippen LogP contribution in [0.1, 0.15) is 36.3 Å². The minimum atomic E-state index is -0.534. The third-order valence-electron chi connectivity index (χ3n) is 4.00. The van der Waals surface area contributed by atoms with E-state index < -0.39 is 6.04 Å². The summed E-state index contributed by atoms with van der Waals surface area (Å²) in [6.45, 7) is 3.78. The highest BCUT2D eigenvalue weighted by Crippen LogP contribution is 2.36. The highest BCUT2D eigenvalue weighted by molar-refractivity contribution is 5.96. The summed E-state index contributed by atoms with van der Waals surface area (Å²) in [5.74, 6) is -0.408. The zero-order valence-corrected chi connectivity index (χ0v) is 12.2. The second kappa shape index (κ2) is 5.89. The normalized spacial score (nSPS) is 22.1. The Hall–Kier alpha value is -1.82. The van der Waals surface area contributed by atoms with Crippen LogP contribution in [0.2, 0.25) is 0 Å². The number of hydrogen-bond acceptors (Lipinski definition) is 4. The fourth-order valence-electron chi connectivity index (χ4n) is 2.79. The summed E-state index contributed by atoms with van der Waals surface area (Å²) in [7, 11) is 0. The van der Waals surface area contributed by atoms with Gasteiger partial charge in [-0.1, -0.05) is 0 Å². The van der Waals surface area contributed by atoms with Gasteiger partial charge in [0.25, 0.3) is 5.91 Å². The Labute approximate surface area is 124 Å². The predicted octanol–water partition coefficient (Wildman–Crippen LogP) is 0.800. The molecule has 3 rings (SSSR count). The molecule has 2 fully saturated rings. The van der Waals surface area contributed by atoms with Crippen LogP contribution in [0, 0.1) is 0 Å². The molecule has 0 radical (unpaired) electrons. The van der Waals surface area contributed by atoms with Crippen LogP contribution in [-0.4, -0.2) is 53.6 Å². The first-order valence-corrected chi connectivity index (χ1v) is 7.57. The van der Waals surface area contributed by atoms with Crippen molar-refractivity contribution in [2.75, 3.05) is 26.2 Å². The largest absolute Gasteiger partial charge is 0.464 e. The molecule has 6 heteroatoms. The molecule has 0 aromatic carbocycles. The zero-order valence-electron chi connectivity index (χ0n) is 12.2. The average molecular weight is 291 g/mol. The average Bonchev–Trinajstić information content (AvgIpc) is 3.24. The van der Waals surface area contributed by atoms with Gasteiger partial charge >= 0.3 is 5.97 Å². The van der Waals surface area contributed by atoms with Gasteiger partial charge in [-0.3, -0.25) is 4.79 Å². The minimum Gasteiger partial charge on any atom is -0.464 e. The van der Waals surface area contributed by atoms with Crippen LogP contribution in [-0.2, 0) is 9.53 Å². The molecule has 1 aliphatic carbocycles. The number of rotatable bonds is 4. The molecule has 2 aliphatic rings. The van der Waals surface area contributed by atoms with Crippen molar-refractivity contribution in [2.45, 2.75) is 31.8 Å². The standard InChI is InChI=1S/C15H21N3O3/c1-2-21-15(20)13-10-16-7-9-18(13)14(19)12-4-3-8-17(12)11-5-6-11/h3-4,8,11,13,16H,2,5-7,9-10H2,1H3. The summed E-state index contributed by atoms with van der Waals surface area (Å²) in [6, 6.07) is 3.65. The maximum absolute atomic E-state index is 12.8. The van der Waals surface area contributed by atoms with Gasteiger partial charge in [-0.05, 0) is 31.9 Å². The maximum atomic E-state index is 12.8. The Morgan fingerprint density at radius 1 is 1.43 bits per heavy atom. The van der Waals surface area contributed by atoms with E-state index in [0.717, 1.165) is 12.8 Å². The second-order valence-corrected chi connectivity index (χ2v) is 5.50. The molecule has 1 N–H and O–H groups in total. The van der Waals surface area contributed by atoms with Gasteiger partial charge in [0.15, 0.2) is 0 Å². The van der Waals surface area contributed by atoms with Crippen molar-refractivity contribution in [1.29, 1.82) is 0 Å². The molecule has 1 saturated heterocycles. The summed E-state index contributed by atoms with van der Waals surface area (Å²) in [4.78, 5) is 26.5. The lowest BCUT2D eigenvalue weighted by Crippen LogP contribution is -2.57. The molecule has 1 unspecified atom stereocenters. The van der Waals surface area contributed by atoms with Gasteiger partial charge in [0.2, 0.25) is 0 Å². The number of amides is 1. The van der Waals surface area contributed by atoms with Gasteiger partial charge in [-0.15, -0.1) is 0 Å². The summed E-state index contributed by atoms with van der Waals surface area (Å²) < 4.78 is 7.12. The number of carbonyl (C=O) groups is 2. The molecule has 1 amide bonds. The van der Waals surface area contributed by atoms with Crippen molar-refractivity contribution >= 4 is 11.9 Å². The molecule has 21 heavy (non-hydrogen) atoms. The third-order valence-corrected chi connectivity index (χ3v) is 4.00. The number of ether oxygens (including phenoxy) is 1. The van der Waals surface area contributed by atoms with Crippen molar-refractivity contribution in [1.82, 2.24) is 14.8 Å². The van der Waals surface area contributed by atoms with Crippen LogP contribution >= 0.6 is 0 Å². The van der Waals surface area contributed by atoms with Crippen LogP contribution in [0.5, 0.6) is 0 Å². The number of nitrogens with zero attached hydrogens (tertiary/aromatic N) is 2. The van der Waals surface area contributed by atoms with E-state index in [9.17, 15) is 9.59 Å². The molecule has 1 aromatic heterocycles. The van der Waals surface area contributed by atoms with E-state index in [-0.39, 0.29) is 11.9 Å². The van der Waals surface area contributed by atoms with Crippen molar-refractivity contribution < 1.29 is 14.3 Å². The maximum Gasteiger partial charge on any atom is 0.330 e. The number of hydrogen-bond donors (Lipinski definition) is 1. The molecule has 1 aliphatic heterocycles. The molecule has 0 spiro atoms. The number of nitrogens with one attached hydrogen (secondary N) is 1. The Kier molecular flexibility index (Phi) is 3.96. The number of esters is 1. The van der Waals surface area contributed by atoms with E-state index in [4.69, 9.17) is 4.74 Å². The molecule has 114 valence electrons. The smallest absolute Gasteiger partial charge is 0.330 e. The molecule has 1 aromatic rings. The molecule has 0 bridgehead atoms. The topological polar surface area (TPSA) is 63.6 Å². The Morgan fingerprint density at radius 2 is 2.24 bits per heavy atom. The van der Waals surface area contributed by atoms with Crippen molar-refractivity contribution in [3.8, 4) is 0 Å². The first kappa shape index (κ1) is 14.1. The highest BCUT2D eigenvalue weighted by atomic mass is 16.5. The van der Waals surface area contributed by atoms with Crippen molar-refractivity contribution in [3.63, 3.8) is 0 Å². The molecule has 6 nitrogen and oxygen atoms in total. The van der Waals surface area contributed by atoms with Gasteiger partial charge in [-0.25, -0.2) is 4.79 Å². The lowest BCUT2D eigenvalue weighted by molar-refractivity contribution is -0.149.